The number of phosphoric ester groups is 1. The first-order valence-corrected chi connectivity index (χ1v) is 9.41. The van der Waals surface area contributed by atoms with Gasteiger partial charge in [0.2, 0.25) is 5.78 Å². The van der Waals surface area contributed by atoms with E-state index in [1.54, 1.807) is 18.2 Å². The second-order valence-corrected chi connectivity index (χ2v) is 6.98. The molecule has 28 heavy (non-hydrogen) atoms. The molecule has 0 saturated carbocycles. The molecule has 144 valence electrons. The maximum atomic E-state index is 12.5. The Morgan fingerprint density at radius 3 is 1.82 bits per heavy atom. The van der Waals surface area contributed by atoms with Gasteiger partial charge in [-0.05, 0) is 36.4 Å². The fourth-order valence-corrected chi connectivity index (χ4v) is 3.22. The number of carbonyl (C=O) groups excluding carboxylic acids is 1. The van der Waals surface area contributed by atoms with Crippen molar-refractivity contribution in [2.45, 2.75) is 0 Å². The monoisotopic (exact) mass is 402 g/mol. The van der Waals surface area contributed by atoms with E-state index in [4.69, 9.17) is 9.05 Å². The number of hydrogen-bond donors (Lipinski definition) is 4. The average Bonchev–Trinajstić information content (AvgIpc) is 2.61. The number of para-hydroxylation sites is 1. The molecule has 1 unspecified atom stereocenters. The van der Waals surface area contributed by atoms with Gasteiger partial charge in [-0.3, -0.25) is 9.69 Å². The van der Waals surface area contributed by atoms with Crippen LogP contribution in [0.3, 0.4) is 0 Å². The van der Waals surface area contributed by atoms with Crippen molar-refractivity contribution in [2.75, 3.05) is 0 Å². The highest BCUT2D eigenvalue weighted by Crippen LogP contribution is 2.44. The fourth-order valence-electron chi connectivity index (χ4n) is 2.41. The van der Waals surface area contributed by atoms with E-state index in [-0.39, 0.29) is 22.6 Å². The molecular weight excluding hydrogens is 387 g/mol. The number of phenolic OH excluding ortho intramolecular Hbond substituents is 3. The Morgan fingerprint density at radius 2 is 1.29 bits per heavy atom. The first-order chi connectivity index (χ1) is 13.2. The Labute approximate surface area is 159 Å². The van der Waals surface area contributed by atoms with Gasteiger partial charge in [-0.15, -0.1) is 0 Å². The Morgan fingerprint density at radius 1 is 0.786 bits per heavy atom. The summed E-state index contributed by atoms with van der Waals surface area (Å²) in [6.45, 7) is 0. The number of hydrogen-bond acceptors (Lipinski definition) is 7. The molecule has 9 heteroatoms. The maximum Gasteiger partial charge on any atom is 0.584 e. The van der Waals surface area contributed by atoms with Crippen LogP contribution in [0.2, 0.25) is 0 Å². The van der Waals surface area contributed by atoms with Gasteiger partial charge in [-0.2, -0.15) is 0 Å². The number of carbonyl (C=O) groups is 1. The smallest absolute Gasteiger partial charge is 0.508 e. The van der Waals surface area contributed by atoms with Crippen molar-refractivity contribution < 1.29 is 38.6 Å². The van der Waals surface area contributed by atoms with E-state index in [1.807, 2.05) is 0 Å². The summed E-state index contributed by atoms with van der Waals surface area (Å²) in [5, 5.41) is 28.9. The summed E-state index contributed by atoms with van der Waals surface area (Å²) in [6, 6.07) is 14.9. The summed E-state index contributed by atoms with van der Waals surface area (Å²) in [6.07, 6.45) is 0. The summed E-state index contributed by atoms with van der Waals surface area (Å²) >= 11 is 0. The van der Waals surface area contributed by atoms with Crippen LogP contribution in [0.4, 0.5) is 0 Å². The molecule has 0 aliphatic carbocycles. The summed E-state index contributed by atoms with van der Waals surface area (Å²) < 4.78 is 22.0. The van der Waals surface area contributed by atoms with Gasteiger partial charge in [0.15, 0.2) is 0 Å². The normalized spacial score (nSPS) is 12.8. The van der Waals surface area contributed by atoms with E-state index in [9.17, 15) is 29.6 Å². The Hall–Kier alpha value is -3.48. The van der Waals surface area contributed by atoms with E-state index >= 15 is 0 Å². The second kappa shape index (κ2) is 7.64. The summed E-state index contributed by atoms with van der Waals surface area (Å²) in [5.74, 6) is -2.16. The number of phenols is 3. The number of rotatable bonds is 6. The summed E-state index contributed by atoms with van der Waals surface area (Å²) in [4.78, 5) is 22.3. The largest absolute Gasteiger partial charge is 0.584 e. The third-order valence-electron chi connectivity index (χ3n) is 3.61. The lowest BCUT2D eigenvalue weighted by atomic mass is 10.0. The van der Waals surface area contributed by atoms with Crippen molar-refractivity contribution in [3.8, 4) is 28.7 Å². The topological polar surface area (TPSA) is 134 Å². The van der Waals surface area contributed by atoms with E-state index in [0.29, 0.717) is 0 Å². The molecule has 0 fully saturated rings. The van der Waals surface area contributed by atoms with Gasteiger partial charge in [0, 0.05) is 17.7 Å². The van der Waals surface area contributed by atoms with Crippen molar-refractivity contribution in [1.29, 1.82) is 0 Å². The first kappa shape index (κ1) is 19.3. The van der Waals surface area contributed by atoms with Gasteiger partial charge in [-0.1, -0.05) is 18.2 Å². The molecule has 0 heterocycles. The van der Waals surface area contributed by atoms with Crippen LogP contribution in [-0.4, -0.2) is 26.0 Å². The first-order valence-electron chi connectivity index (χ1n) is 7.92. The number of ketones is 1. The molecule has 3 aromatic carbocycles. The van der Waals surface area contributed by atoms with Crippen molar-refractivity contribution in [3.05, 3.63) is 77.9 Å². The highest BCUT2D eigenvalue weighted by Gasteiger charge is 2.25. The molecule has 3 aromatic rings. The highest BCUT2D eigenvalue weighted by molar-refractivity contribution is 7.48. The molecule has 1 atom stereocenters. The summed E-state index contributed by atoms with van der Waals surface area (Å²) in [5.41, 5.74) is -0.313. The van der Waals surface area contributed by atoms with Gasteiger partial charge in [0.1, 0.15) is 34.3 Å². The van der Waals surface area contributed by atoms with Gasteiger partial charge in [-0.25, -0.2) is 4.57 Å². The van der Waals surface area contributed by atoms with Crippen molar-refractivity contribution in [3.63, 3.8) is 0 Å². The standard InChI is InChI=1S/C19H15O8P/c20-13-10-16(21)18(17(22)11-13)19(23)12-6-8-15(9-7-12)27-28(24,25)26-14-4-2-1-3-5-14/h1-11,20-22H,(H,24,25). The lowest BCUT2D eigenvalue weighted by Gasteiger charge is -2.14. The molecule has 0 aliphatic heterocycles. The van der Waals surface area contributed by atoms with Gasteiger partial charge in [0.05, 0.1) is 0 Å². The Bertz CT molecular complexity index is 1020. The molecule has 0 spiro atoms. The third-order valence-corrected chi connectivity index (χ3v) is 4.49. The Kier molecular flexibility index (Phi) is 5.26. The number of phosphoric acid groups is 1. The third kappa shape index (κ3) is 4.43. The van der Waals surface area contributed by atoms with E-state index in [0.717, 1.165) is 12.1 Å². The minimum Gasteiger partial charge on any atom is -0.508 e. The predicted octanol–water partition coefficient (Wildman–Crippen LogP) is 3.59. The number of aromatic hydroxyl groups is 3. The average molecular weight is 402 g/mol. The van der Waals surface area contributed by atoms with E-state index < -0.39 is 30.9 Å². The molecule has 3 rings (SSSR count). The second-order valence-electron chi connectivity index (χ2n) is 5.68. The zero-order valence-electron chi connectivity index (χ0n) is 14.2. The van der Waals surface area contributed by atoms with Crippen molar-refractivity contribution in [2.24, 2.45) is 0 Å². The van der Waals surface area contributed by atoms with Gasteiger partial charge in [0.25, 0.3) is 0 Å². The molecule has 0 bridgehead atoms. The molecule has 0 radical (unpaired) electrons. The number of benzene rings is 3. The van der Waals surface area contributed by atoms with Crippen molar-refractivity contribution in [1.82, 2.24) is 0 Å². The quantitative estimate of drug-likeness (QED) is 0.363. The molecule has 0 aliphatic rings. The predicted molar refractivity (Wildman–Crippen MR) is 98.8 cm³/mol. The SMILES string of the molecule is O=C(c1ccc(OP(=O)(O)Oc2ccccc2)cc1)c1c(O)cc(O)cc1O. The van der Waals surface area contributed by atoms with E-state index in [2.05, 4.69) is 0 Å². The zero-order chi connectivity index (χ0) is 20.3. The maximum absolute atomic E-state index is 12.5. The molecule has 4 N–H and O–H groups in total. The van der Waals surface area contributed by atoms with Crippen LogP contribution in [0.25, 0.3) is 0 Å². The minimum atomic E-state index is -4.45. The van der Waals surface area contributed by atoms with Crippen LogP contribution < -0.4 is 9.05 Å². The molecule has 0 amide bonds. The van der Waals surface area contributed by atoms with Gasteiger partial charge < -0.3 is 24.4 Å². The highest BCUT2D eigenvalue weighted by atomic mass is 31.2. The van der Waals surface area contributed by atoms with Crippen molar-refractivity contribution >= 4 is 13.6 Å². The fraction of sp³-hybridized carbons (Fsp3) is 0. The van der Waals surface area contributed by atoms with Gasteiger partial charge >= 0.3 is 7.82 Å². The van der Waals surface area contributed by atoms with Crippen LogP contribution in [0, 0.1) is 0 Å². The molecular formula is C19H15O8P. The van der Waals surface area contributed by atoms with Crippen LogP contribution in [0.1, 0.15) is 15.9 Å². The summed E-state index contributed by atoms with van der Waals surface area (Å²) in [7, 11) is -4.45. The lowest BCUT2D eigenvalue weighted by Crippen LogP contribution is -2.03. The molecule has 8 nitrogen and oxygen atoms in total. The lowest BCUT2D eigenvalue weighted by molar-refractivity contribution is 0.103. The van der Waals surface area contributed by atoms with Crippen LogP contribution in [-0.2, 0) is 4.57 Å². The van der Waals surface area contributed by atoms with Crippen LogP contribution >= 0.6 is 7.82 Å². The Balaban J connectivity index is 1.76. The van der Waals surface area contributed by atoms with Crippen LogP contribution in [0.15, 0.2) is 66.7 Å². The minimum absolute atomic E-state index is 0.0301. The molecule has 0 saturated heterocycles. The van der Waals surface area contributed by atoms with Crippen LogP contribution in [0.5, 0.6) is 28.7 Å². The molecule has 0 aromatic heterocycles. The zero-order valence-corrected chi connectivity index (χ0v) is 15.1. The van der Waals surface area contributed by atoms with E-state index in [1.165, 1.54) is 36.4 Å².